The van der Waals surface area contributed by atoms with Gasteiger partial charge in [0, 0.05) is 0 Å². The second kappa shape index (κ2) is 10.7. The molecule has 0 unspecified atom stereocenters. The second-order valence-electron chi connectivity index (χ2n) is 8.26. The molecule has 0 heterocycles. The molecule has 0 atom stereocenters. The van der Waals surface area contributed by atoms with E-state index in [0.29, 0.717) is 10.8 Å². The second-order valence-corrected chi connectivity index (χ2v) is 11.0. The maximum absolute atomic E-state index is 11.2. The largest absolute Gasteiger partial charge is 2.00 e. The van der Waals surface area contributed by atoms with Crippen LogP contribution in [0.1, 0.15) is 0 Å². The first kappa shape index (κ1) is 27.5. The van der Waals surface area contributed by atoms with Gasteiger partial charge in [0.05, 0.1) is 9.79 Å². The SMILES string of the molecule is O=S(=O)([O-])c1cccc2cc3ccccc3cc12.O=S(=O)([O-])c1cccc2cc3ccccc3cc12.[Ca+2]. The first-order valence-electron chi connectivity index (χ1n) is 10.9. The Morgan fingerprint density at radius 2 is 0.703 bits per heavy atom. The molecule has 0 aliphatic rings. The molecular formula is C28H18CaO6S2. The molecule has 0 bridgehead atoms. The smallest absolute Gasteiger partial charge is 0.744 e. The van der Waals surface area contributed by atoms with E-state index in [9.17, 15) is 25.9 Å². The van der Waals surface area contributed by atoms with E-state index in [1.807, 2.05) is 60.7 Å². The molecule has 0 aliphatic heterocycles. The van der Waals surface area contributed by atoms with Gasteiger partial charge in [-0.15, -0.1) is 0 Å². The van der Waals surface area contributed by atoms with Gasteiger partial charge in [0.15, 0.2) is 0 Å². The molecule has 0 aliphatic carbocycles. The molecule has 0 fully saturated rings. The van der Waals surface area contributed by atoms with Crippen molar-refractivity contribution in [3.05, 3.63) is 109 Å². The normalized spacial score (nSPS) is 11.7. The van der Waals surface area contributed by atoms with Gasteiger partial charge in [0.1, 0.15) is 20.2 Å². The van der Waals surface area contributed by atoms with E-state index < -0.39 is 20.2 Å². The molecule has 0 saturated heterocycles. The van der Waals surface area contributed by atoms with Crippen LogP contribution in [0.15, 0.2) is 119 Å². The van der Waals surface area contributed by atoms with Crippen LogP contribution in [0.4, 0.5) is 0 Å². The Bertz CT molecular complexity index is 1860. The Hall–Kier alpha value is -2.56. The topological polar surface area (TPSA) is 114 Å². The molecule has 0 saturated carbocycles. The Labute approximate surface area is 244 Å². The standard InChI is InChI=1S/2C14H10O3S.Ca/c2*15-18(16,17)14-7-3-6-12-8-10-4-1-2-5-11(10)9-13(12)14;/h2*1-9H,(H,15,16,17);/q;;+2/p-2. The molecule has 6 nitrogen and oxygen atoms in total. The third-order valence-corrected chi connectivity index (χ3v) is 7.74. The minimum Gasteiger partial charge on any atom is -0.744 e. The van der Waals surface area contributed by atoms with Gasteiger partial charge in [0.25, 0.3) is 0 Å². The van der Waals surface area contributed by atoms with E-state index in [1.54, 1.807) is 36.4 Å². The van der Waals surface area contributed by atoms with E-state index in [0.717, 1.165) is 32.3 Å². The Morgan fingerprint density at radius 3 is 1.03 bits per heavy atom. The number of hydrogen-bond acceptors (Lipinski definition) is 6. The minimum atomic E-state index is -4.45. The number of benzene rings is 6. The number of fused-ring (bicyclic) bond motifs is 4. The van der Waals surface area contributed by atoms with E-state index in [4.69, 9.17) is 0 Å². The van der Waals surface area contributed by atoms with Crippen molar-refractivity contribution in [2.24, 2.45) is 0 Å². The summed E-state index contributed by atoms with van der Waals surface area (Å²) in [6, 6.07) is 32.0. The van der Waals surface area contributed by atoms with E-state index in [-0.39, 0.29) is 47.5 Å². The van der Waals surface area contributed by atoms with Crippen molar-refractivity contribution >= 4 is 101 Å². The van der Waals surface area contributed by atoms with Gasteiger partial charge in [-0.25, -0.2) is 16.8 Å². The summed E-state index contributed by atoms with van der Waals surface area (Å²) >= 11 is 0. The predicted octanol–water partition coefficient (Wildman–Crippen LogP) is 5.41. The molecule has 180 valence electrons. The zero-order valence-electron chi connectivity index (χ0n) is 19.4. The average Bonchev–Trinajstić information content (AvgIpc) is 2.84. The molecule has 0 amide bonds. The number of hydrogen-bond donors (Lipinski definition) is 0. The fourth-order valence-corrected chi connectivity index (χ4v) is 5.69. The van der Waals surface area contributed by atoms with Crippen LogP contribution in [0.25, 0.3) is 43.1 Å². The van der Waals surface area contributed by atoms with Crippen molar-refractivity contribution in [1.29, 1.82) is 0 Å². The maximum Gasteiger partial charge on any atom is 2.00 e. The predicted molar refractivity (Wildman–Crippen MR) is 145 cm³/mol. The van der Waals surface area contributed by atoms with Crippen LogP contribution in [0.5, 0.6) is 0 Å². The van der Waals surface area contributed by atoms with Crippen LogP contribution in [0.2, 0.25) is 0 Å². The van der Waals surface area contributed by atoms with Gasteiger partial charge in [-0.1, -0.05) is 72.8 Å². The molecule has 9 heteroatoms. The third kappa shape index (κ3) is 5.81. The van der Waals surface area contributed by atoms with Gasteiger partial charge in [-0.05, 0) is 79.5 Å². The van der Waals surface area contributed by atoms with Crippen LogP contribution in [0.3, 0.4) is 0 Å². The zero-order valence-corrected chi connectivity index (χ0v) is 23.2. The van der Waals surface area contributed by atoms with Crippen LogP contribution in [0, 0.1) is 0 Å². The maximum atomic E-state index is 11.2. The fourth-order valence-electron chi connectivity index (χ4n) is 4.31. The van der Waals surface area contributed by atoms with Crippen LogP contribution >= 0.6 is 0 Å². The van der Waals surface area contributed by atoms with Gasteiger partial charge in [-0.3, -0.25) is 0 Å². The monoisotopic (exact) mass is 554 g/mol. The molecular weight excluding hydrogens is 537 g/mol. The van der Waals surface area contributed by atoms with E-state index >= 15 is 0 Å². The van der Waals surface area contributed by atoms with Crippen molar-refractivity contribution in [3.8, 4) is 0 Å². The summed E-state index contributed by atoms with van der Waals surface area (Å²) in [5, 5.41) is 6.34. The number of rotatable bonds is 2. The zero-order chi connectivity index (χ0) is 25.5. The van der Waals surface area contributed by atoms with Gasteiger partial charge >= 0.3 is 37.7 Å². The van der Waals surface area contributed by atoms with E-state index in [2.05, 4.69) is 0 Å². The first-order valence-corrected chi connectivity index (χ1v) is 13.7. The van der Waals surface area contributed by atoms with Crippen molar-refractivity contribution in [2.75, 3.05) is 0 Å². The molecule has 6 aromatic carbocycles. The van der Waals surface area contributed by atoms with Crippen molar-refractivity contribution in [1.82, 2.24) is 0 Å². The molecule has 0 radical (unpaired) electrons. The average molecular weight is 555 g/mol. The Morgan fingerprint density at radius 1 is 0.405 bits per heavy atom. The van der Waals surface area contributed by atoms with Crippen molar-refractivity contribution in [2.45, 2.75) is 9.79 Å². The Balaban J connectivity index is 0.000000168. The summed E-state index contributed by atoms with van der Waals surface area (Å²) in [7, 11) is -8.90. The van der Waals surface area contributed by atoms with Gasteiger partial charge in [0.2, 0.25) is 0 Å². The summed E-state index contributed by atoms with van der Waals surface area (Å²) in [5.74, 6) is 0. The third-order valence-electron chi connectivity index (χ3n) is 5.95. The summed E-state index contributed by atoms with van der Waals surface area (Å²) in [5.41, 5.74) is 0. The van der Waals surface area contributed by atoms with Crippen LogP contribution < -0.4 is 0 Å². The molecule has 0 N–H and O–H groups in total. The molecule has 37 heavy (non-hydrogen) atoms. The summed E-state index contributed by atoms with van der Waals surface area (Å²) in [6.45, 7) is 0. The molecule has 0 aromatic heterocycles. The summed E-state index contributed by atoms with van der Waals surface area (Å²) in [4.78, 5) is -0.323. The van der Waals surface area contributed by atoms with Crippen LogP contribution in [-0.2, 0) is 20.2 Å². The molecule has 0 spiro atoms. The van der Waals surface area contributed by atoms with Crippen LogP contribution in [-0.4, -0.2) is 63.7 Å². The Kier molecular flexibility index (Phi) is 7.92. The molecule has 6 aromatic rings. The van der Waals surface area contributed by atoms with Gasteiger partial charge in [-0.2, -0.15) is 0 Å². The summed E-state index contributed by atoms with van der Waals surface area (Å²) < 4.78 is 67.4. The molecule has 6 rings (SSSR count). The first-order chi connectivity index (χ1) is 17.1. The van der Waals surface area contributed by atoms with Crippen molar-refractivity contribution < 1.29 is 25.9 Å². The minimum absolute atomic E-state index is 0. The quantitative estimate of drug-likeness (QED) is 0.161. The van der Waals surface area contributed by atoms with E-state index in [1.165, 1.54) is 12.1 Å². The van der Waals surface area contributed by atoms with Gasteiger partial charge < -0.3 is 9.11 Å². The summed E-state index contributed by atoms with van der Waals surface area (Å²) in [6.07, 6.45) is 0. The fraction of sp³-hybridized carbons (Fsp3) is 0. The van der Waals surface area contributed by atoms with Crippen molar-refractivity contribution in [3.63, 3.8) is 0 Å².